The van der Waals surface area contributed by atoms with E-state index in [0.29, 0.717) is 24.2 Å². The molecule has 0 bridgehead atoms. The van der Waals surface area contributed by atoms with Gasteiger partial charge in [0, 0.05) is 32.0 Å². The van der Waals surface area contributed by atoms with Crippen LogP contribution in [0.5, 0.6) is 0 Å². The molecule has 2 aromatic heterocycles. The predicted molar refractivity (Wildman–Crippen MR) is 67.9 cm³/mol. The number of hydrogen-bond donors (Lipinski definition) is 2. The van der Waals surface area contributed by atoms with E-state index in [2.05, 4.69) is 20.7 Å². The summed E-state index contributed by atoms with van der Waals surface area (Å²) in [4.78, 5) is 16.1. The van der Waals surface area contributed by atoms with Crippen molar-refractivity contribution in [2.45, 2.75) is 6.10 Å². The summed E-state index contributed by atoms with van der Waals surface area (Å²) >= 11 is 0. The van der Waals surface area contributed by atoms with Gasteiger partial charge >= 0.3 is 0 Å². The zero-order valence-electron chi connectivity index (χ0n) is 10.4. The second-order valence-electron chi connectivity index (χ2n) is 4.37. The monoisotopic (exact) mass is 261 g/mol. The van der Waals surface area contributed by atoms with Crippen LogP contribution < -0.4 is 10.6 Å². The van der Waals surface area contributed by atoms with E-state index in [4.69, 9.17) is 4.74 Å². The predicted octanol–water partition coefficient (Wildman–Crippen LogP) is -0.552. The van der Waals surface area contributed by atoms with E-state index < -0.39 is 0 Å². The molecule has 0 aromatic carbocycles. The smallest absolute Gasteiger partial charge is 0.255 e. The van der Waals surface area contributed by atoms with Crippen molar-refractivity contribution in [3.63, 3.8) is 0 Å². The lowest BCUT2D eigenvalue weighted by molar-refractivity contribution is 0.0287. The van der Waals surface area contributed by atoms with Crippen LogP contribution in [0.4, 0.5) is 0 Å². The molecule has 7 heteroatoms. The standard InChI is InChI=1S/C12H15N5O2/c18-12(15-6-9-5-14-2-4-19-9)10-7-16-17-3-1-13-8-11(10)17/h1,3,7-9,14H,2,4-6H2,(H,15,18). The first kappa shape index (κ1) is 12.1. The van der Waals surface area contributed by atoms with Gasteiger partial charge in [-0.05, 0) is 0 Å². The van der Waals surface area contributed by atoms with Gasteiger partial charge in [0.1, 0.15) is 0 Å². The van der Waals surface area contributed by atoms with Crippen molar-refractivity contribution in [2.75, 3.05) is 26.2 Å². The maximum absolute atomic E-state index is 12.1. The molecule has 2 N–H and O–H groups in total. The molecule has 0 saturated carbocycles. The first-order valence-electron chi connectivity index (χ1n) is 6.22. The van der Waals surface area contributed by atoms with Crippen LogP contribution in [0.1, 0.15) is 10.4 Å². The SMILES string of the molecule is O=C(NCC1CNCCO1)c1cnn2ccncc12. The number of morpholine rings is 1. The Bertz CT molecular complexity index is 576. The highest BCUT2D eigenvalue weighted by atomic mass is 16.5. The average molecular weight is 261 g/mol. The number of carbonyl (C=O) groups excluding carboxylic acids is 1. The van der Waals surface area contributed by atoms with Crippen LogP contribution >= 0.6 is 0 Å². The summed E-state index contributed by atoms with van der Waals surface area (Å²) in [5, 5.41) is 10.2. The van der Waals surface area contributed by atoms with Gasteiger partial charge in [-0.25, -0.2) is 4.52 Å². The fourth-order valence-corrected chi connectivity index (χ4v) is 2.06. The number of nitrogens with one attached hydrogen (secondary N) is 2. The second-order valence-corrected chi connectivity index (χ2v) is 4.37. The van der Waals surface area contributed by atoms with Gasteiger partial charge in [0.05, 0.1) is 36.2 Å². The molecule has 3 rings (SSSR count). The molecule has 1 amide bonds. The van der Waals surface area contributed by atoms with Gasteiger partial charge in [-0.2, -0.15) is 5.10 Å². The molecule has 3 heterocycles. The summed E-state index contributed by atoms with van der Waals surface area (Å²) in [7, 11) is 0. The van der Waals surface area contributed by atoms with Crippen LogP contribution in [-0.4, -0.2) is 52.9 Å². The quantitative estimate of drug-likeness (QED) is 0.774. The van der Waals surface area contributed by atoms with Crippen molar-refractivity contribution >= 4 is 11.4 Å². The number of fused-ring (bicyclic) bond motifs is 1. The third-order valence-electron chi connectivity index (χ3n) is 3.06. The molecular weight excluding hydrogens is 246 g/mol. The normalized spacial score (nSPS) is 19.5. The molecule has 1 atom stereocenters. The molecule has 1 aliphatic rings. The van der Waals surface area contributed by atoms with E-state index in [1.165, 1.54) is 0 Å². The maximum Gasteiger partial charge on any atom is 0.255 e. The largest absolute Gasteiger partial charge is 0.374 e. The highest BCUT2D eigenvalue weighted by molar-refractivity contribution is 6.00. The molecular formula is C12H15N5O2. The average Bonchev–Trinajstić information content (AvgIpc) is 2.90. The Kier molecular flexibility index (Phi) is 3.39. The zero-order chi connectivity index (χ0) is 13.1. The lowest BCUT2D eigenvalue weighted by atomic mass is 10.2. The number of ether oxygens (including phenoxy) is 1. The van der Waals surface area contributed by atoms with Gasteiger partial charge in [0.15, 0.2) is 0 Å². The molecule has 0 aliphatic carbocycles. The number of aromatic nitrogens is 3. The molecule has 19 heavy (non-hydrogen) atoms. The van der Waals surface area contributed by atoms with Crippen LogP contribution in [0.25, 0.3) is 5.52 Å². The van der Waals surface area contributed by atoms with Gasteiger partial charge in [-0.15, -0.1) is 0 Å². The highest BCUT2D eigenvalue weighted by Gasteiger charge is 2.17. The van der Waals surface area contributed by atoms with Crippen LogP contribution in [-0.2, 0) is 4.74 Å². The van der Waals surface area contributed by atoms with Crippen LogP contribution in [0.15, 0.2) is 24.8 Å². The summed E-state index contributed by atoms with van der Waals surface area (Å²) in [6, 6.07) is 0. The Labute approximate surface area is 110 Å². The third kappa shape index (κ3) is 2.56. The van der Waals surface area contributed by atoms with Crippen LogP contribution in [0.3, 0.4) is 0 Å². The van der Waals surface area contributed by atoms with E-state index >= 15 is 0 Å². The van der Waals surface area contributed by atoms with Gasteiger partial charge < -0.3 is 15.4 Å². The maximum atomic E-state index is 12.1. The van der Waals surface area contributed by atoms with E-state index in [9.17, 15) is 4.79 Å². The number of rotatable bonds is 3. The van der Waals surface area contributed by atoms with Crippen molar-refractivity contribution < 1.29 is 9.53 Å². The summed E-state index contributed by atoms with van der Waals surface area (Å²) in [5.74, 6) is -0.155. The topological polar surface area (TPSA) is 80.5 Å². The first-order chi connectivity index (χ1) is 9.34. The Morgan fingerprint density at radius 1 is 1.58 bits per heavy atom. The van der Waals surface area contributed by atoms with Gasteiger partial charge in [-0.1, -0.05) is 0 Å². The van der Waals surface area contributed by atoms with Crippen LogP contribution in [0, 0.1) is 0 Å². The Hall–Kier alpha value is -1.99. The lowest BCUT2D eigenvalue weighted by Crippen LogP contribution is -2.45. The fraction of sp³-hybridized carbons (Fsp3) is 0.417. The molecule has 100 valence electrons. The van der Waals surface area contributed by atoms with Gasteiger partial charge in [0.2, 0.25) is 0 Å². The van der Waals surface area contributed by atoms with Gasteiger partial charge in [-0.3, -0.25) is 9.78 Å². The molecule has 2 aromatic rings. The van der Waals surface area contributed by atoms with Gasteiger partial charge in [0.25, 0.3) is 5.91 Å². The third-order valence-corrected chi connectivity index (χ3v) is 3.06. The van der Waals surface area contributed by atoms with E-state index in [1.807, 2.05) is 0 Å². The first-order valence-corrected chi connectivity index (χ1v) is 6.22. The van der Waals surface area contributed by atoms with E-state index in [1.54, 1.807) is 29.3 Å². The van der Waals surface area contributed by atoms with Crippen molar-refractivity contribution in [2.24, 2.45) is 0 Å². The molecule has 7 nitrogen and oxygen atoms in total. The number of amides is 1. The fourth-order valence-electron chi connectivity index (χ4n) is 2.06. The Morgan fingerprint density at radius 3 is 3.37 bits per heavy atom. The Morgan fingerprint density at radius 2 is 2.53 bits per heavy atom. The molecule has 1 aliphatic heterocycles. The summed E-state index contributed by atoms with van der Waals surface area (Å²) in [6.45, 7) is 2.80. The zero-order valence-corrected chi connectivity index (χ0v) is 10.4. The number of nitrogens with zero attached hydrogens (tertiary/aromatic N) is 3. The molecule has 0 radical (unpaired) electrons. The van der Waals surface area contributed by atoms with Crippen molar-refractivity contribution in [3.8, 4) is 0 Å². The van der Waals surface area contributed by atoms with E-state index in [0.717, 1.165) is 13.1 Å². The minimum Gasteiger partial charge on any atom is -0.374 e. The minimum atomic E-state index is -0.155. The summed E-state index contributed by atoms with van der Waals surface area (Å²) < 4.78 is 7.15. The van der Waals surface area contributed by atoms with Crippen molar-refractivity contribution in [1.82, 2.24) is 25.2 Å². The number of hydrogen-bond acceptors (Lipinski definition) is 5. The van der Waals surface area contributed by atoms with Crippen molar-refractivity contribution in [3.05, 3.63) is 30.4 Å². The second kappa shape index (κ2) is 5.33. The summed E-state index contributed by atoms with van der Waals surface area (Å²) in [5.41, 5.74) is 1.22. The number of carbonyl (C=O) groups is 1. The molecule has 0 spiro atoms. The molecule has 1 unspecified atom stereocenters. The van der Waals surface area contributed by atoms with E-state index in [-0.39, 0.29) is 12.0 Å². The minimum absolute atomic E-state index is 0.0256. The highest BCUT2D eigenvalue weighted by Crippen LogP contribution is 2.08. The molecule has 1 fully saturated rings. The van der Waals surface area contributed by atoms with Crippen LogP contribution in [0.2, 0.25) is 0 Å². The summed E-state index contributed by atoms with van der Waals surface area (Å²) in [6.07, 6.45) is 6.54. The lowest BCUT2D eigenvalue weighted by Gasteiger charge is -2.23. The van der Waals surface area contributed by atoms with Crippen molar-refractivity contribution in [1.29, 1.82) is 0 Å². The Balaban J connectivity index is 1.66. The molecule has 1 saturated heterocycles.